The molecule has 5 nitrogen and oxygen atoms in total. The third kappa shape index (κ3) is 5.13. The van der Waals surface area contributed by atoms with Crippen molar-refractivity contribution in [3.05, 3.63) is 29.8 Å². The lowest BCUT2D eigenvalue weighted by Crippen LogP contribution is -2.38. The van der Waals surface area contributed by atoms with Crippen LogP contribution in [0, 0.1) is 6.92 Å². The number of ether oxygens (including phenoxy) is 1. The lowest BCUT2D eigenvalue weighted by Gasteiger charge is -2.08. The summed E-state index contributed by atoms with van der Waals surface area (Å²) in [6.07, 6.45) is 0.765. The Balaban J connectivity index is 1.55. The van der Waals surface area contributed by atoms with E-state index in [9.17, 15) is 4.79 Å². The number of urea groups is 1. The summed E-state index contributed by atoms with van der Waals surface area (Å²) >= 11 is 1.57. The Bertz CT molecular complexity index is 474. The fourth-order valence-corrected chi connectivity index (χ4v) is 2.37. The molecule has 1 heterocycles. The molecule has 2 N–H and O–H groups in total. The number of hydrogen-bond acceptors (Lipinski definition) is 4. The second-order valence-corrected chi connectivity index (χ2v) is 5.51. The zero-order valence-electron chi connectivity index (χ0n) is 11.5. The van der Waals surface area contributed by atoms with Crippen LogP contribution in [0.4, 0.5) is 4.79 Å². The standard InChI is InChI=1S/C14H19N3O2S/c1-11-3-5-12(6-4-11)19-9-2-7-15-13(18)17-14-16-8-10-20-14/h3-6H,2,7-10H2,1H3,(H2,15,16,17,18). The Morgan fingerprint density at radius 3 is 2.90 bits per heavy atom. The van der Waals surface area contributed by atoms with Crippen LogP contribution < -0.4 is 15.4 Å². The Kier molecular flexibility index (Phi) is 5.73. The van der Waals surface area contributed by atoms with Gasteiger partial charge in [0, 0.05) is 12.3 Å². The minimum Gasteiger partial charge on any atom is -0.494 e. The van der Waals surface area contributed by atoms with E-state index >= 15 is 0 Å². The van der Waals surface area contributed by atoms with Gasteiger partial charge in [0.1, 0.15) is 5.75 Å². The molecule has 0 spiro atoms. The maximum Gasteiger partial charge on any atom is 0.320 e. The average molecular weight is 293 g/mol. The molecule has 1 aliphatic heterocycles. The van der Waals surface area contributed by atoms with Crippen LogP contribution in [0.2, 0.25) is 0 Å². The van der Waals surface area contributed by atoms with Gasteiger partial charge in [-0.25, -0.2) is 4.79 Å². The molecule has 1 aliphatic rings. The van der Waals surface area contributed by atoms with E-state index in [4.69, 9.17) is 4.74 Å². The number of nitrogens with one attached hydrogen (secondary N) is 2. The van der Waals surface area contributed by atoms with Crippen molar-refractivity contribution in [1.29, 1.82) is 0 Å². The lowest BCUT2D eigenvalue weighted by atomic mass is 10.2. The predicted octanol–water partition coefficient (Wildman–Crippen LogP) is 2.17. The van der Waals surface area contributed by atoms with Crippen molar-refractivity contribution in [3.8, 4) is 5.75 Å². The minimum atomic E-state index is -0.200. The molecule has 0 unspecified atom stereocenters. The van der Waals surface area contributed by atoms with Crippen LogP contribution in [0.5, 0.6) is 5.75 Å². The number of amides is 2. The van der Waals surface area contributed by atoms with Gasteiger partial charge >= 0.3 is 6.03 Å². The SMILES string of the molecule is Cc1ccc(OCCCNC(=O)NC2=NCCS2)cc1. The number of carbonyl (C=O) groups excluding carboxylic acids is 1. The summed E-state index contributed by atoms with van der Waals surface area (Å²) in [5.41, 5.74) is 1.21. The topological polar surface area (TPSA) is 62.7 Å². The zero-order chi connectivity index (χ0) is 14.2. The molecule has 0 saturated carbocycles. The van der Waals surface area contributed by atoms with E-state index in [1.54, 1.807) is 11.8 Å². The van der Waals surface area contributed by atoms with E-state index < -0.39 is 0 Å². The van der Waals surface area contributed by atoms with E-state index in [1.165, 1.54) is 5.56 Å². The van der Waals surface area contributed by atoms with Crippen molar-refractivity contribution in [2.45, 2.75) is 13.3 Å². The van der Waals surface area contributed by atoms with E-state index in [0.717, 1.165) is 24.5 Å². The van der Waals surface area contributed by atoms with E-state index in [2.05, 4.69) is 15.6 Å². The number of carbonyl (C=O) groups is 1. The molecule has 0 bridgehead atoms. The zero-order valence-corrected chi connectivity index (χ0v) is 12.3. The highest BCUT2D eigenvalue weighted by atomic mass is 32.2. The summed E-state index contributed by atoms with van der Waals surface area (Å²) < 4.78 is 5.58. The summed E-state index contributed by atoms with van der Waals surface area (Å²) in [5.74, 6) is 1.80. The van der Waals surface area contributed by atoms with Crippen molar-refractivity contribution in [3.63, 3.8) is 0 Å². The fourth-order valence-electron chi connectivity index (χ4n) is 1.65. The van der Waals surface area contributed by atoms with Crippen molar-refractivity contribution in [2.75, 3.05) is 25.4 Å². The highest BCUT2D eigenvalue weighted by Crippen LogP contribution is 2.11. The molecule has 108 valence electrons. The smallest absolute Gasteiger partial charge is 0.320 e. The van der Waals surface area contributed by atoms with Gasteiger partial charge in [-0.2, -0.15) is 0 Å². The first kappa shape index (κ1) is 14.7. The van der Waals surface area contributed by atoms with Crippen LogP contribution in [0.15, 0.2) is 29.3 Å². The maximum absolute atomic E-state index is 11.5. The maximum atomic E-state index is 11.5. The number of benzene rings is 1. The third-order valence-corrected chi connectivity index (χ3v) is 3.59. The number of hydrogen-bond donors (Lipinski definition) is 2. The van der Waals surface area contributed by atoms with Gasteiger partial charge in [0.15, 0.2) is 5.17 Å². The molecule has 1 aromatic rings. The number of thioether (sulfide) groups is 1. The van der Waals surface area contributed by atoms with Gasteiger partial charge in [-0.05, 0) is 25.5 Å². The number of amidine groups is 1. The third-order valence-electron chi connectivity index (χ3n) is 2.70. The lowest BCUT2D eigenvalue weighted by molar-refractivity contribution is 0.243. The molecule has 0 saturated heterocycles. The first-order valence-corrected chi connectivity index (χ1v) is 7.64. The Morgan fingerprint density at radius 2 is 2.20 bits per heavy atom. The minimum absolute atomic E-state index is 0.200. The van der Waals surface area contributed by atoms with Gasteiger partial charge < -0.3 is 10.1 Å². The molecule has 20 heavy (non-hydrogen) atoms. The number of aliphatic imine (C=N–C) groups is 1. The van der Waals surface area contributed by atoms with Gasteiger partial charge in [-0.15, -0.1) is 0 Å². The van der Waals surface area contributed by atoms with E-state index in [-0.39, 0.29) is 6.03 Å². The molecule has 0 aliphatic carbocycles. The highest BCUT2D eigenvalue weighted by molar-refractivity contribution is 8.14. The fraction of sp³-hybridized carbons (Fsp3) is 0.429. The summed E-state index contributed by atoms with van der Waals surface area (Å²) in [5, 5.41) is 6.20. The van der Waals surface area contributed by atoms with Crippen LogP contribution in [-0.2, 0) is 0 Å². The Hall–Kier alpha value is -1.69. The predicted molar refractivity (Wildman–Crippen MR) is 82.6 cm³/mol. The van der Waals surface area contributed by atoms with E-state index in [1.807, 2.05) is 31.2 Å². The molecule has 0 fully saturated rings. The molecule has 2 amide bonds. The second kappa shape index (κ2) is 7.79. The van der Waals surface area contributed by atoms with Gasteiger partial charge in [-0.3, -0.25) is 10.3 Å². The number of rotatable bonds is 5. The number of nitrogens with zero attached hydrogens (tertiary/aromatic N) is 1. The van der Waals surface area contributed by atoms with Gasteiger partial charge in [0.05, 0.1) is 13.2 Å². The Labute approximate surface area is 123 Å². The van der Waals surface area contributed by atoms with Crippen molar-refractivity contribution in [1.82, 2.24) is 10.6 Å². The van der Waals surface area contributed by atoms with E-state index in [0.29, 0.717) is 18.3 Å². The van der Waals surface area contributed by atoms with Crippen LogP contribution in [0.25, 0.3) is 0 Å². The van der Waals surface area contributed by atoms with Crippen molar-refractivity contribution < 1.29 is 9.53 Å². The molecule has 6 heteroatoms. The number of aryl methyl sites for hydroxylation is 1. The average Bonchev–Trinajstić information content (AvgIpc) is 2.93. The first-order valence-electron chi connectivity index (χ1n) is 6.65. The van der Waals surface area contributed by atoms with Crippen LogP contribution in [-0.4, -0.2) is 36.6 Å². The van der Waals surface area contributed by atoms with Crippen LogP contribution >= 0.6 is 11.8 Å². The monoisotopic (exact) mass is 293 g/mol. The summed E-state index contributed by atoms with van der Waals surface area (Å²) in [7, 11) is 0. The first-order chi connectivity index (χ1) is 9.74. The molecule has 0 radical (unpaired) electrons. The quantitative estimate of drug-likeness (QED) is 0.818. The second-order valence-electron chi connectivity index (χ2n) is 4.43. The summed E-state index contributed by atoms with van der Waals surface area (Å²) in [4.78, 5) is 15.7. The molecule has 1 aromatic carbocycles. The van der Waals surface area contributed by atoms with Crippen LogP contribution in [0.3, 0.4) is 0 Å². The van der Waals surface area contributed by atoms with Crippen molar-refractivity contribution in [2.24, 2.45) is 4.99 Å². The van der Waals surface area contributed by atoms with Gasteiger partial charge in [0.25, 0.3) is 0 Å². The summed E-state index contributed by atoms with van der Waals surface area (Å²) in [6.45, 7) is 3.98. The van der Waals surface area contributed by atoms with Crippen LogP contribution in [0.1, 0.15) is 12.0 Å². The van der Waals surface area contributed by atoms with Crippen molar-refractivity contribution >= 4 is 23.0 Å². The Morgan fingerprint density at radius 1 is 1.40 bits per heavy atom. The normalized spacial score (nSPS) is 13.8. The summed E-state index contributed by atoms with van der Waals surface area (Å²) in [6, 6.07) is 7.73. The largest absolute Gasteiger partial charge is 0.494 e. The molecule has 0 aromatic heterocycles. The molecular formula is C14H19N3O2S. The van der Waals surface area contributed by atoms with Gasteiger partial charge in [-0.1, -0.05) is 29.5 Å². The van der Waals surface area contributed by atoms with Gasteiger partial charge in [0.2, 0.25) is 0 Å². The molecule has 2 rings (SSSR count). The highest BCUT2D eigenvalue weighted by Gasteiger charge is 2.09. The molecule has 0 atom stereocenters. The molecular weight excluding hydrogens is 274 g/mol.